The highest BCUT2D eigenvalue weighted by Crippen LogP contribution is 2.30. The van der Waals surface area contributed by atoms with E-state index in [1.165, 1.54) is 12.1 Å². The standard InChI is InChI=1S/C15H7ClFN3O/c16-14-11-3-1-2-4-12(11)15(20-19-14)21-10-6-5-9(8-18)13(17)7-10/h1-7H. The van der Waals surface area contributed by atoms with Crippen molar-refractivity contribution in [2.24, 2.45) is 0 Å². The quantitative estimate of drug-likeness (QED) is 0.715. The van der Waals surface area contributed by atoms with Gasteiger partial charge in [-0.25, -0.2) is 4.39 Å². The van der Waals surface area contributed by atoms with Crippen LogP contribution >= 0.6 is 11.6 Å². The van der Waals surface area contributed by atoms with Gasteiger partial charge < -0.3 is 4.74 Å². The summed E-state index contributed by atoms with van der Waals surface area (Å²) in [7, 11) is 0. The van der Waals surface area contributed by atoms with Crippen LogP contribution in [0.15, 0.2) is 42.5 Å². The van der Waals surface area contributed by atoms with E-state index in [0.717, 1.165) is 6.07 Å². The minimum atomic E-state index is -0.652. The molecule has 1 heterocycles. The molecule has 3 rings (SSSR count). The van der Waals surface area contributed by atoms with Gasteiger partial charge in [-0.3, -0.25) is 0 Å². The zero-order valence-corrected chi connectivity index (χ0v) is 11.3. The van der Waals surface area contributed by atoms with Crippen molar-refractivity contribution in [3.8, 4) is 17.7 Å². The van der Waals surface area contributed by atoms with Gasteiger partial charge in [0, 0.05) is 16.8 Å². The lowest BCUT2D eigenvalue weighted by molar-refractivity contribution is 0.457. The van der Waals surface area contributed by atoms with Crippen LogP contribution in [0, 0.1) is 17.1 Å². The van der Waals surface area contributed by atoms with Crippen molar-refractivity contribution < 1.29 is 9.13 Å². The molecular formula is C15H7ClFN3O. The van der Waals surface area contributed by atoms with Crippen molar-refractivity contribution in [2.45, 2.75) is 0 Å². The van der Waals surface area contributed by atoms with Crippen LogP contribution in [0.25, 0.3) is 10.8 Å². The summed E-state index contributed by atoms with van der Waals surface area (Å²) in [4.78, 5) is 0. The summed E-state index contributed by atoms with van der Waals surface area (Å²) >= 11 is 5.97. The van der Waals surface area contributed by atoms with E-state index in [2.05, 4.69) is 10.2 Å². The van der Waals surface area contributed by atoms with Crippen molar-refractivity contribution in [2.75, 3.05) is 0 Å². The predicted molar refractivity (Wildman–Crippen MR) is 75.7 cm³/mol. The van der Waals surface area contributed by atoms with Crippen molar-refractivity contribution in [1.29, 1.82) is 5.26 Å². The van der Waals surface area contributed by atoms with Crippen LogP contribution in [0.5, 0.6) is 11.6 Å². The van der Waals surface area contributed by atoms with Crippen LogP contribution in [-0.4, -0.2) is 10.2 Å². The molecule has 21 heavy (non-hydrogen) atoms. The molecule has 0 aliphatic carbocycles. The number of hydrogen-bond donors (Lipinski definition) is 0. The number of halogens is 2. The number of hydrogen-bond acceptors (Lipinski definition) is 4. The fraction of sp³-hybridized carbons (Fsp3) is 0. The largest absolute Gasteiger partial charge is 0.437 e. The molecule has 0 bridgehead atoms. The first kappa shape index (κ1) is 13.3. The second-order valence-electron chi connectivity index (χ2n) is 4.20. The molecular weight excluding hydrogens is 293 g/mol. The summed E-state index contributed by atoms with van der Waals surface area (Å²) in [6.45, 7) is 0. The number of rotatable bonds is 2. The molecule has 0 fully saturated rings. The first-order valence-electron chi connectivity index (χ1n) is 5.97. The zero-order valence-electron chi connectivity index (χ0n) is 10.5. The molecule has 0 atom stereocenters. The summed E-state index contributed by atoms with van der Waals surface area (Å²) in [5.74, 6) is -0.200. The van der Waals surface area contributed by atoms with Gasteiger partial charge in [0.1, 0.15) is 17.6 Å². The molecule has 2 aromatic carbocycles. The van der Waals surface area contributed by atoms with Crippen LogP contribution in [0.3, 0.4) is 0 Å². The molecule has 0 amide bonds. The van der Waals surface area contributed by atoms with E-state index in [4.69, 9.17) is 21.6 Å². The van der Waals surface area contributed by atoms with Crippen LogP contribution in [0.1, 0.15) is 5.56 Å². The summed E-state index contributed by atoms with van der Waals surface area (Å²) in [5, 5.41) is 18.0. The molecule has 0 N–H and O–H groups in total. The Balaban J connectivity index is 2.05. The Labute approximate surface area is 124 Å². The number of nitriles is 1. The summed E-state index contributed by atoms with van der Waals surface area (Å²) in [6.07, 6.45) is 0. The van der Waals surface area contributed by atoms with Gasteiger partial charge in [-0.05, 0) is 18.2 Å². The normalized spacial score (nSPS) is 10.3. The number of nitrogens with zero attached hydrogens (tertiary/aromatic N) is 3. The van der Waals surface area contributed by atoms with Crippen LogP contribution in [-0.2, 0) is 0 Å². The van der Waals surface area contributed by atoms with E-state index >= 15 is 0 Å². The van der Waals surface area contributed by atoms with Crippen molar-refractivity contribution in [1.82, 2.24) is 10.2 Å². The second kappa shape index (κ2) is 5.35. The van der Waals surface area contributed by atoms with Crippen molar-refractivity contribution >= 4 is 22.4 Å². The van der Waals surface area contributed by atoms with E-state index in [-0.39, 0.29) is 22.3 Å². The minimum absolute atomic E-state index is 0.0469. The molecule has 102 valence electrons. The highest BCUT2D eigenvalue weighted by Gasteiger charge is 2.10. The van der Waals surface area contributed by atoms with E-state index < -0.39 is 5.82 Å². The first-order valence-corrected chi connectivity index (χ1v) is 6.35. The summed E-state index contributed by atoms with van der Waals surface area (Å²) < 4.78 is 19.1. The summed E-state index contributed by atoms with van der Waals surface area (Å²) in [6, 6.07) is 12.9. The molecule has 0 saturated heterocycles. The van der Waals surface area contributed by atoms with Crippen LogP contribution < -0.4 is 4.74 Å². The van der Waals surface area contributed by atoms with Gasteiger partial charge in [0.05, 0.1) is 5.56 Å². The molecule has 4 nitrogen and oxygen atoms in total. The lowest BCUT2D eigenvalue weighted by Gasteiger charge is -2.08. The Morgan fingerprint density at radius 2 is 1.86 bits per heavy atom. The third kappa shape index (κ3) is 2.49. The SMILES string of the molecule is N#Cc1ccc(Oc2nnc(Cl)c3ccccc23)cc1F. The Morgan fingerprint density at radius 3 is 2.57 bits per heavy atom. The molecule has 6 heteroatoms. The summed E-state index contributed by atoms with van der Waals surface area (Å²) in [5.41, 5.74) is -0.0469. The third-order valence-corrected chi connectivity index (χ3v) is 3.16. The number of ether oxygens (including phenoxy) is 1. The van der Waals surface area contributed by atoms with Gasteiger partial charge in [0.15, 0.2) is 5.15 Å². The average molecular weight is 300 g/mol. The molecule has 0 spiro atoms. The fourth-order valence-corrected chi connectivity index (χ4v) is 2.09. The maximum atomic E-state index is 13.6. The Morgan fingerprint density at radius 1 is 1.10 bits per heavy atom. The smallest absolute Gasteiger partial charge is 0.246 e. The lowest BCUT2D eigenvalue weighted by atomic mass is 10.2. The maximum absolute atomic E-state index is 13.6. The number of benzene rings is 2. The molecule has 0 radical (unpaired) electrons. The van der Waals surface area contributed by atoms with Gasteiger partial charge in [-0.1, -0.05) is 29.8 Å². The Hall–Kier alpha value is -2.71. The van der Waals surface area contributed by atoms with Crippen molar-refractivity contribution in [3.05, 3.63) is 59.0 Å². The number of aromatic nitrogens is 2. The van der Waals surface area contributed by atoms with E-state index in [0.29, 0.717) is 10.8 Å². The Bertz CT molecular complexity index is 876. The van der Waals surface area contributed by atoms with E-state index in [1.54, 1.807) is 18.2 Å². The van der Waals surface area contributed by atoms with Gasteiger partial charge >= 0.3 is 0 Å². The molecule has 0 aliphatic rings. The predicted octanol–water partition coefficient (Wildman–Crippen LogP) is 4.09. The highest BCUT2D eigenvalue weighted by molar-refractivity contribution is 6.34. The lowest BCUT2D eigenvalue weighted by Crippen LogP contribution is -1.94. The topological polar surface area (TPSA) is 58.8 Å². The molecule has 0 unspecified atom stereocenters. The third-order valence-electron chi connectivity index (χ3n) is 2.88. The van der Waals surface area contributed by atoms with E-state index in [1.807, 2.05) is 12.1 Å². The zero-order chi connectivity index (χ0) is 14.8. The molecule has 0 saturated carbocycles. The van der Waals surface area contributed by atoms with Gasteiger partial charge in [0.25, 0.3) is 0 Å². The van der Waals surface area contributed by atoms with Crippen molar-refractivity contribution in [3.63, 3.8) is 0 Å². The Kier molecular flexibility index (Phi) is 3.38. The minimum Gasteiger partial charge on any atom is -0.437 e. The first-order chi connectivity index (χ1) is 10.2. The number of fused-ring (bicyclic) bond motifs is 1. The highest BCUT2D eigenvalue weighted by atomic mass is 35.5. The molecule has 3 aromatic rings. The maximum Gasteiger partial charge on any atom is 0.246 e. The van der Waals surface area contributed by atoms with Crippen LogP contribution in [0.2, 0.25) is 5.15 Å². The van der Waals surface area contributed by atoms with E-state index in [9.17, 15) is 4.39 Å². The van der Waals surface area contributed by atoms with Gasteiger partial charge in [0.2, 0.25) is 5.88 Å². The molecule has 0 aliphatic heterocycles. The van der Waals surface area contributed by atoms with Gasteiger partial charge in [-0.15, -0.1) is 10.2 Å². The fourth-order valence-electron chi connectivity index (χ4n) is 1.88. The second-order valence-corrected chi connectivity index (χ2v) is 4.56. The monoisotopic (exact) mass is 299 g/mol. The van der Waals surface area contributed by atoms with Gasteiger partial charge in [-0.2, -0.15) is 5.26 Å². The van der Waals surface area contributed by atoms with Crippen LogP contribution in [0.4, 0.5) is 4.39 Å². The molecule has 1 aromatic heterocycles. The average Bonchev–Trinajstić information content (AvgIpc) is 2.51.